The van der Waals surface area contributed by atoms with Crippen molar-refractivity contribution in [3.8, 4) is 28.7 Å². The van der Waals surface area contributed by atoms with E-state index in [1.54, 1.807) is 16.8 Å². The molecule has 3 aromatic heterocycles. The lowest BCUT2D eigenvalue weighted by Gasteiger charge is -2.08. The number of hydrogen-bond donors (Lipinski definition) is 1. The lowest BCUT2D eigenvalue weighted by molar-refractivity contribution is -0.142. The summed E-state index contributed by atoms with van der Waals surface area (Å²) in [5, 5.41) is 13.2. The molecule has 142 valence electrons. The highest BCUT2D eigenvalue weighted by Gasteiger charge is 2.31. The van der Waals surface area contributed by atoms with Gasteiger partial charge in [0.05, 0.1) is 12.1 Å². The third-order valence-corrected chi connectivity index (χ3v) is 4.06. The Bertz CT molecular complexity index is 1000. The first-order chi connectivity index (χ1) is 12.8. The van der Waals surface area contributed by atoms with E-state index in [9.17, 15) is 18.3 Å². The van der Waals surface area contributed by atoms with Gasteiger partial charge in [-0.2, -0.15) is 18.3 Å². The van der Waals surface area contributed by atoms with Crippen molar-refractivity contribution in [2.24, 2.45) is 0 Å². The Balaban J connectivity index is 1.81. The van der Waals surface area contributed by atoms with Crippen LogP contribution in [-0.4, -0.2) is 47.2 Å². The molecule has 0 radical (unpaired) electrons. The van der Waals surface area contributed by atoms with E-state index in [1.165, 1.54) is 6.20 Å². The SMILES string of the molecule is OCc1nc(-c2cn3c(n2)-c2cnc(Cl)cc2OCC3)n(CC(F)(F)F)n1. The van der Waals surface area contributed by atoms with Crippen molar-refractivity contribution >= 4 is 11.6 Å². The third-order valence-electron chi connectivity index (χ3n) is 3.85. The summed E-state index contributed by atoms with van der Waals surface area (Å²) < 4.78 is 46.6. The fraction of sp³-hybridized carbons (Fsp3) is 0.333. The second-order valence-electron chi connectivity index (χ2n) is 5.78. The number of ether oxygens (including phenoxy) is 1. The summed E-state index contributed by atoms with van der Waals surface area (Å²) in [4.78, 5) is 12.4. The molecule has 0 saturated heterocycles. The van der Waals surface area contributed by atoms with Gasteiger partial charge >= 0.3 is 6.18 Å². The topological polar surface area (TPSA) is 90.9 Å². The van der Waals surface area contributed by atoms with Crippen molar-refractivity contribution in [2.45, 2.75) is 25.9 Å². The maximum absolute atomic E-state index is 12.9. The highest BCUT2D eigenvalue weighted by molar-refractivity contribution is 6.29. The highest BCUT2D eigenvalue weighted by Crippen LogP contribution is 2.34. The van der Waals surface area contributed by atoms with E-state index in [1.807, 2.05) is 0 Å². The molecule has 27 heavy (non-hydrogen) atoms. The molecule has 1 aliphatic rings. The minimum Gasteiger partial charge on any atom is -0.491 e. The minimum atomic E-state index is -4.49. The van der Waals surface area contributed by atoms with Crippen LogP contribution in [0.15, 0.2) is 18.5 Å². The molecule has 4 heterocycles. The van der Waals surface area contributed by atoms with Crippen LogP contribution < -0.4 is 4.74 Å². The lowest BCUT2D eigenvalue weighted by atomic mass is 10.2. The van der Waals surface area contributed by atoms with E-state index in [-0.39, 0.29) is 22.5 Å². The summed E-state index contributed by atoms with van der Waals surface area (Å²) in [7, 11) is 0. The molecule has 8 nitrogen and oxygen atoms in total. The van der Waals surface area contributed by atoms with Gasteiger partial charge in [0.15, 0.2) is 11.6 Å². The van der Waals surface area contributed by atoms with Crippen LogP contribution in [0, 0.1) is 0 Å². The zero-order valence-corrected chi connectivity index (χ0v) is 14.4. The number of aliphatic hydroxyl groups is 1. The smallest absolute Gasteiger partial charge is 0.408 e. The van der Waals surface area contributed by atoms with Crippen LogP contribution in [-0.2, 0) is 19.7 Å². The molecule has 0 unspecified atom stereocenters. The van der Waals surface area contributed by atoms with Gasteiger partial charge in [0.1, 0.15) is 42.2 Å². The Morgan fingerprint density at radius 3 is 2.81 bits per heavy atom. The number of nitrogens with zero attached hydrogens (tertiary/aromatic N) is 6. The van der Waals surface area contributed by atoms with Gasteiger partial charge in [0, 0.05) is 18.5 Å². The standard InChI is InChI=1S/C15H12ClF3N6O2/c16-11-3-10-8(4-20-11)13-21-9(5-24(13)1-2-27-10)14-22-12(6-26)23-25(14)7-15(17,18)19/h3-5,26H,1-2,6-7H2. The highest BCUT2D eigenvalue weighted by atomic mass is 35.5. The first-order valence-corrected chi connectivity index (χ1v) is 8.19. The summed E-state index contributed by atoms with van der Waals surface area (Å²) in [6.07, 6.45) is -1.43. The second-order valence-corrected chi connectivity index (χ2v) is 6.16. The van der Waals surface area contributed by atoms with Gasteiger partial charge < -0.3 is 14.4 Å². The molecule has 1 N–H and O–H groups in total. The molecule has 0 atom stereocenters. The van der Waals surface area contributed by atoms with Crippen molar-refractivity contribution < 1.29 is 23.0 Å². The molecule has 0 aliphatic carbocycles. The minimum absolute atomic E-state index is 0.0821. The van der Waals surface area contributed by atoms with Crippen LogP contribution in [0.2, 0.25) is 5.15 Å². The molecule has 0 fully saturated rings. The van der Waals surface area contributed by atoms with Crippen molar-refractivity contribution in [2.75, 3.05) is 6.61 Å². The van der Waals surface area contributed by atoms with Gasteiger partial charge in [-0.15, -0.1) is 0 Å². The van der Waals surface area contributed by atoms with Crippen molar-refractivity contribution in [1.82, 2.24) is 29.3 Å². The molecule has 4 rings (SSSR count). The maximum Gasteiger partial charge on any atom is 0.408 e. The number of aromatic nitrogens is 6. The number of hydrogen-bond acceptors (Lipinski definition) is 6. The zero-order chi connectivity index (χ0) is 19.2. The summed E-state index contributed by atoms with van der Waals surface area (Å²) in [5.74, 6) is 0.753. The first kappa shape index (κ1) is 17.7. The number of imidazole rings is 1. The molecule has 0 saturated carbocycles. The fourth-order valence-corrected chi connectivity index (χ4v) is 2.94. The normalized spacial score (nSPS) is 13.7. The number of fused-ring (bicyclic) bond motifs is 3. The van der Waals surface area contributed by atoms with E-state index in [0.29, 0.717) is 35.0 Å². The number of halogens is 4. The predicted octanol–water partition coefficient (Wildman–Crippen LogP) is 2.30. The number of alkyl halides is 3. The van der Waals surface area contributed by atoms with Gasteiger partial charge in [-0.25, -0.2) is 19.6 Å². The summed E-state index contributed by atoms with van der Waals surface area (Å²) in [6.45, 7) is -1.17. The summed E-state index contributed by atoms with van der Waals surface area (Å²) in [5.41, 5.74) is 0.761. The maximum atomic E-state index is 12.9. The van der Waals surface area contributed by atoms with Crippen LogP contribution in [0.25, 0.3) is 22.9 Å². The molecule has 0 aromatic carbocycles. The molecule has 0 spiro atoms. The number of pyridine rings is 1. The van der Waals surface area contributed by atoms with E-state index < -0.39 is 19.3 Å². The Morgan fingerprint density at radius 1 is 1.26 bits per heavy atom. The summed E-state index contributed by atoms with van der Waals surface area (Å²) >= 11 is 5.89. The Kier molecular flexibility index (Phi) is 4.27. The van der Waals surface area contributed by atoms with Crippen LogP contribution in [0.5, 0.6) is 5.75 Å². The monoisotopic (exact) mass is 400 g/mol. The van der Waals surface area contributed by atoms with Crippen molar-refractivity contribution in [1.29, 1.82) is 0 Å². The Labute approximate surface area is 155 Å². The van der Waals surface area contributed by atoms with E-state index >= 15 is 0 Å². The quantitative estimate of drug-likeness (QED) is 0.678. The zero-order valence-electron chi connectivity index (χ0n) is 13.6. The van der Waals surface area contributed by atoms with Gasteiger partial charge in [-0.1, -0.05) is 11.6 Å². The van der Waals surface area contributed by atoms with Gasteiger partial charge in [0.2, 0.25) is 0 Å². The van der Waals surface area contributed by atoms with E-state index in [0.717, 1.165) is 0 Å². The first-order valence-electron chi connectivity index (χ1n) is 7.81. The molecular formula is C15H12ClF3N6O2. The molecular weight excluding hydrogens is 389 g/mol. The molecule has 0 bridgehead atoms. The van der Waals surface area contributed by atoms with E-state index in [4.69, 9.17) is 16.3 Å². The number of aliphatic hydroxyl groups excluding tert-OH is 1. The molecule has 3 aromatic rings. The van der Waals surface area contributed by atoms with Crippen LogP contribution >= 0.6 is 11.6 Å². The average Bonchev–Trinajstić information content (AvgIpc) is 3.14. The van der Waals surface area contributed by atoms with Gasteiger partial charge in [0.25, 0.3) is 0 Å². The Morgan fingerprint density at radius 2 is 2.07 bits per heavy atom. The average molecular weight is 401 g/mol. The largest absolute Gasteiger partial charge is 0.491 e. The molecule has 12 heteroatoms. The predicted molar refractivity (Wildman–Crippen MR) is 87.0 cm³/mol. The lowest BCUT2D eigenvalue weighted by Crippen LogP contribution is -2.19. The van der Waals surface area contributed by atoms with E-state index in [2.05, 4.69) is 20.1 Å². The Hall–Kier alpha value is -2.66. The van der Waals surface area contributed by atoms with Gasteiger partial charge in [-0.3, -0.25) is 0 Å². The van der Waals surface area contributed by atoms with Crippen LogP contribution in [0.4, 0.5) is 13.2 Å². The molecule has 1 aliphatic heterocycles. The van der Waals surface area contributed by atoms with Crippen molar-refractivity contribution in [3.63, 3.8) is 0 Å². The number of rotatable bonds is 3. The van der Waals surface area contributed by atoms with Gasteiger partial charge in [-0.05, 0) is 0 Å². The fourth-order valence-electron chi connectivity index (χ4n) is 2.79. The third kappa shape index (κ3) is 3.47. The molecule has 0 amide bonds. The van der Waals surface area contributed by atoms with Crippen LogP contribution in [0.1, 0.15) is 5.82 Å². The van der Waals surface area contributed by atoms with Crippen molar-refractivity contribution in [3.05, 3.63) is 29.4 Å². The van der Waals surface area contributed by atoms with Crippen LogP contribution in [0.3, 0.4) is 0 Å². The summed E-state index contributed by atoms with van der Waals surface area (Å²) in [6, 6.07) is 1.55. The second kappa shape index (κ2) is 6.50.